The number of nitrogens with zero attached hydrogens (tertiary/aromatic N) is 1. The molecule has 1 aromatic rings. The molecule has 132 valence electrons. The lowest BCUT2D eigenvalue weighted by atomic mass is 9.98. The molecular weight excluding hydrogens is 339 g/mol. The first kappa shape index (κ1) is 18.3. The molecule has 9 heteroatoms. The van der Waals surface area contributed by atoms with Crippen LogP contribution >= 0.6 is 0 Å². The predicted octanol–water partition coefficient (Wildman–Crippen LogP) is 0.817. The fraction of sp³-hybridized carbons (Fsp3) is 0.467. The summed E-state index contributed by atoms with van der Waals surface area (Å²) in [5.74, 6) is -2.33. The van der Waals surface area contributed by atoms with E-state index >= 15 is 0 Å². The molecule has 2 rings (SSSR count). The minimum atomic E-state index is -3.81. The second-order valence-electron chi connectivity index (χ2n) is 5.62. The average molecular weight is 358 g/mol. The Hall–Kier alpha value is -2.00. The van der Waals surface area contributed by atoms with E-state index < -0.39 is 27.7 Å². The number of hydrogen-bond acceptors (Lipinski definition) is 4. The van der Waals surface area contributed by atoms with Crippen LogP contribution in [-0.2, 0) is 19.6 Å². The molecule has 0 spiro atoms. The topological polar surface area (TPSA) is 104 Å². The van der Waals surface area contributed by atoms with E-state index in [-0.39, 0.29) is 30.3 Å². The van der Waals surface area contributed by atoms with E-state index in [1.54, 1.807) is 0 Å². The van der Waals surface area contributed by atoms with Gasteiger partial charge in [0, 0.05) is 26.1 Å². The number of carbonyl (C=O) groups is 2. The fourth-order valence-electron chi connectivity index (χ4n) is 2.55. The molecule has 1 fully saturated rings. The zero-order chi connectivity index (χ0) is 17.7. The highest BCUT2D eigenvalue weighted by molar-refractivity contribution is 7.89. The summed E-state index contributed by atoms with van der Waals surface area (Å²) in [6.07, 6.45) is 1.09. The van der Waals surface area contributed by atoms with Gasteiger partial charge in [0.25, 0.3) is 0 Å². The normalized spacial score (nSPS) is 18.4. The molecule has 1 aliphatic rings. The lowest BCUT2D eigenvalue weighted by molar-refractivity contribution is -0.145. The van der Waals surface area contributed by atoms with Crippen molar-refractivity contribution in [2.24, 2.45) is 5.92 Å². The van der Waals surface area contributed by atoms with E-state index in [0.717, 1.165) is 24.3 Å². The van der Waals surface area contributed by atoms with Gasteiger partial charge in [0.1, 0.15) is 5.82 Å². The number of nitrogens with one attached hydrogen (secondary N) is 1. The Balaban J connectivity index is 1.85. The van der Waals surface area contributed by atoms with E-state index in [1.165, 1.54) is 4.90 Å². The lowest BCUT2D eigenvalue weighted by Gasteiger charge is -2.30. The summed E-state index contributed by atoms with van der Waals surface area (Å²) in [6.45, 7) is 0.527. The number of carboxylic acid groups (broad SMARTS) is 1. The third-order valence-electron chi connectivity index (χ3n) is 3.88. The molecule has 0 aromatic heterocycles. The van der Waals surface area contributed by atoms with Crippen LogP contribution in [0.15, 0.2) is 29.2 Å². The smallest absolute Gasteiger partial charge is 0.308 e. The molecule has 1 unspecified atom stereocenters. The molecule has 0 aliphatic carbocycles. The van der Waals surface area contributed by atoms with E-state index in [1.807, 2.05) is 0 Å². The minimum absolute atomic E-state index is 0.0627. The Labute approximate surface area is 139 Å². The molecule has 0 bridgehead atoms. The van der Waals surface area contributed by atoms with Crippen LogP contribution in [0.2, 0.25) is 0 Å². The third kappa shape index (κ3) is 4.75. The fourth-order valence-corrected chi connectivity index (χ4v) is 3.58. The van der Waals surface area contributed by atoms with Crippen LogP contribution in [0.3, 0.4) is 0 Å². The van der Waals surface area contributed by atoms with Crippen molar-refractivity contribution < 1.29 is 27.5 Å². The average Bonchev–Trinajstić information content (AvgIpc) is 2.55. The number of piperidine rings is 1. The molecule has 1 saturated heterocycles. The first-order valence-corrected chi connectivity index (χ1v) is 9.04. The van der Waals surface area contributed by atoms with Gasteiger partial charge in [0.05, 0.1) is 10.8 Å². The van der Waals surface area contributed by atoms with Gasteiger partial charge >= 0.3 is 5.97 Å². The summed E-state index contributed by atoms with van der Waals surface area (Å²) in [5.41, 5.74) is 0. The Morgan fingerprint density at radius 2 is 1.96 bits per heavy atom. The molecule has 0 radical (unpaired) electrons. The Morgan fingerprint density at radius 3 is 2.58 bits per heavy atom. The van der Waals surface area contributed by atoms with Gasteiger partial charge in [-0.2, -0.15) is 0 Å². The van der Waals surface area contributed by atoms with Gasteiger partial charge in [0.15, 0.2) is 0 Å². The Morgan fingerprint density at radius 1 is 1.29 bits per heavy atom. The van der Waals surface area contributed by atoms with Crippen LogP contribution in [0.5, 0.6) is 0 Å². The zero-order valence-electron chi connectivity index (χ0n) is 12.9. The van der Waals surface area contributed by atoms with Crippen molar-refractivity contribution >= 4 is 21.9 Å². The number of likely N-dealkylation sites (tertiary alicyclic amines) is 1. The summed E-state index contributed by atoms with van der Waals surface area (Å²) < 4.78 is 39.1. The van der Waals surface area contributed by atoms with E-state index in [4.69, 9.17) is 5.11 Å². The highest BCUT2D eigenvalue weighted by atomic mass is 32.2. The van der Waals surface area contributed by atoms with Crippen molar-refractivity contribution in [3.8, 4) is 0 Å². The van der Waals surface area contributed by atoms with Crippen LogP contribution in [0.4, 0.5) is 4.39 Å². The molecule has 1 heterocycles. The monoisotopic (exact) mass is 358 g/mol. The molecule has 1 amide bonds. The summed E-state index contributed by atoms with van der Waals surface area (Å²) >= 11 is 0. The molecule has 1 atom stereocenters. The number of aliphatic carboxylic acids is 1. The van der Waals surface area contributed by atoms with Gasteiger partial charge < -0.3 is 10.0 Å². The Bertz CT molecular complexity index is 705. The number of hydrogen-bond donors (Lipinski definition) is 2. The third-order valence-corrected chi connectivity index (χ3v) is 5.36. The van der Waals surface area contributed by atoms with Crippen LogP contribution in [0, 0.1) is 11.7 Å². The van der Waals surface area contributed by atoms with Crippen molar-refractivity contribution in [3.05, 3.63) is 30.1 Å². The van der Waals surface area contributed by atoms with Crippen molar-refractivity contribution in [2.45, 2.75) is 24.2 Å². The molecule has 2 N–H and O–H groups in total. The van der Waals surface area contributed by atoms with Crippen LogP contribution in [-0.4, -0.2) is 49.9 Å². The largest absolute Gasteiger partial charge is 0.481 e. The van der Waals surface area contributed by atoms with Gasteiger partial charge in [-0.05, 0) is 37.1 Å². The van der Waals surface area contributed by atoms with Crippen molar-refractivity contribution in [2.75, 3.05) is 19.6 Å². The SMILES string of the molecule is O=C(O)C1CCCN(C(=O)CCNS(=O)(=O)c2ccc(F)cc2)C1. The number of sulfonamides is 1. The van der Waals surface area contributed by atoms with Gasteiger partial charge in [0.2, 0.25) is 15.9 Å². The summed E-state index contributed by atoms with van der Waals surface area (Å²) in [7, 11) is -3.81. The number of halogens is 1. The highest BCUT2D eigenvalue weighted by Crippen LogP contribution is 2.17. The standard InChI is InChI=1S/C15H19FN2O5S/c16-12-3-5-13(6-4-12)24(22,23)17-8-7-14(19)18-9-1-2-11(10-18)15(20)21/h3-6,11,17H,1-2,7-10H2,(H,20,21). The summed E-state index contributed by atoms with van der Waals surface area (Å²) in [4.78, 5) is 24.4. The highest BCUT2D eigenvalue weighted by Gasteiger charge is 2.28. The minimum Gasteiger partial charge on any atom is -0.481 e. The van der Waals surface area contributed by atoms with Gasteiger partial charge in [-0.25, -0.2) is 17.5 Å². The maximum atomic E-state index is 12.8. The van der Waals surface area contributed by atoms with Crippen LogP contribution in [0.25, 0.3) is 0 Å². The zero-order valence-corrected chi connectivity index (χ0v) is 13.8. The number of carbonyl (C=O) groups excluding carboxylic acids is 1. The van der Waals surface area contributed by atoms with Gasteiger partial charge in [-0.3, -0.25) is 9.59 Å². The van der Waals surface area contributed by atoms with Gasteiger partial charge in [-0.15, -0.1) is 0 Å². The second kappa shape index (κ2) is 7.71. The summed E-state index contributed by atoms with van der Waals surface area (Å²) in [6, 6.07) is 4.36. The molecule has 0 saturated carbocycles. The molecular formula is C15H19FN2O5S. The van der Waals surface area contributed by atoms with Crippen LogP contribution in [0.1, 0.15) is 19.3 Å². The Kier molecular flexibility index (Phi) is 5.89. The first-order chi connectivity index (χ1) is 11.3. The van der Waals surface area contributed by atoms with Crippen LogP contribution < -0.4 is 4.72 Å². The maximum Gasteiger partial charge on any atom is 0.308 e. The first-order valence-electron chi connectivity index (χ1n) is 7.55. The quantitative estimate of drug-likeness (QED) is 0.783. The van der Waals surface area contributed by atoms with Crippen molar-refractivity contribution in [1.29, 1.82) is 0 Å². The van der Waals surface area contributed by atoms with E-state index in [0.29, 0.717) is 19.4 Å². The molecule has 1 aromatic carbocycles. The lowest BCUT2D eigenvalue weighted by Crippen LogP contribution is -2.43. The van der Waals surface area contributed by atoms with E-state index in [9.17, 15) is 22.4 Å². The van der Waals surface area contributed by atoms with Gasteiger partial charge in [-0.1, -0.05) is 0 Å². The summed E-state index contributed by atoms with van der Waals surface area (Å²) in [5, 5.41) is 9.01. The molecule has 7 nitrogen and oxygen atoms in total. The molecule has 24 heavy (non-hydrogen) atoms. The van der Waals surface area contributed by atoms with Crippen molar-refractivity contribution in [1.82, 2.24) is 9.62 Å². The predicted molar refractivity (Wildman–Crippen MR) is 83.1 cm³/mol. The van der Waals surface area contributed by atoms with E-state index in [2.05, 4.69) is 4.72 Å². The molecule has 1 aliphatic heterocycles. The second-order valence-corrected chi connectivity index (χ2v) is 7.39. The van der Waals surface area contributed by atoms with Crippen molar-refractivity contribution in [3.63, 3.8) is 0 Å². The number of amides is 1. The number of benzene rings is 1. The number of carboxylic acids is 1. The maximum absolute atomic E-state index is 12.8. The number of rotatable bonds is 6.